The number of allylic oxidation sites excluding steroid dienone is 1. The molecule has 0 saturated carbocycles. The number of ketones is 1. The van der Waals surface area contributed by atoms with Crippen LogP contribution in [0.5, 0.6) is 5.75 Å². The van der Waals surface area contributed by atoms with Gasteiger partial charge in [0.05, 0.1) is 16.9 Å². The van der Waals surface area contributed by atoms with Gasteiger partial charge in [-0.1, -0.05) is 18.2 Å². The van der Waals surface area contributed by atoms with Gasteiger partial charge in [0.2, 0.25) is 0 Å². The van der Waals surface area contributed by atoms with Crippen molar-refractivity contribution in [2.24, 2.45) is 0 Å². The molecule has 0 aliphatic carbocycles. The highest BCUT2D eigenvalue weighted by atomic mass is 32.2. The van der Waals surface area contributed by atoms with Crippen LogP contribution in [0, 0.1) is 10.1 Å². The summed E-state index contributed by atoms with van der Waals surface area (Å²) in [6.07, 6.45) is 2.28. The Balaban J connectivity index is 1.61. The average molecular weight is 508 g/mol. The first-order chi connectivity index (χ1) is 17.0. The molecule has 36 heavy (non-hydrogen) atoms. The van der Waals surface area contributed by atoms with E-state index in [4.69, 9.17) is 4.74 Å². The second-order valence-electron chi connectivity index (χ2n) is 9.07. The number of non-ortho nitro benzene ring substituents is 1. The van der Waals surface area contributed by atoms with E-state index in [1.165, 1.54) is 18.2 Å². The van der Waals surface area contributed by atoms with E-state index in [1.54, 1.807) is 19.2 Å². The van der Waals surface area contributed by atoms with Gasteiger partial charge >= 0.3 is 0 Å². The van der Waals surface area contributed by atoms with Crippen molar-refractivity contribution in [2.45, 2.75) is 30.7 Å². The molecule has 1 aliphatic rings. The molecule has 10 heteroatoms. The maximum absolute atomic E-state index is 13.2. The van der Waals surface area contributed by atoms with Gasteiger partial charge < -0.3 is 10.1 Å². The van der Waals surface area contributed by atoms with Crippen LogP contribution in [0.4, 0.5) is 11.4 Å². The van der Waals surface area contributed by atoms with Crippen LogP contribution >= 0.6 is 0 Å². The quantitative estimate of drug-likeness (QED) is 0.208. The first-order valence-electron chi connectivity index (χ1n) is 11.1. The third-order valence-corrected chi connectivity index (χ3v) is 7.14. The van der Waals surface area contributed by atoms with Crippen LogP contribution in [0.1, 0.15) is 35.3 Å². The number of nitro groups is 1. The molecule has 186 valence electrons. The lowest BCUT2D eigenvalue weighted by atomic mass is 9.85. The molecule has 0 unspecified atom stereocenters. The van der Waals surface area contributed by atoms with Crippen molar-refractivity contribution in [3.8, 4) is 5.75 Å². The Morgan fingerprint density at radius 3 is 2.50 bits per heavy atom. The minimum Gasteiger partial charge on any atom is -0.497 e. The number of methoxy groups -OCH3 is 1. The molecule has 2 N–H and O–H groups in total. The van der Waals surface area contributed by atoms with E-state index < -0.39 is 14.9 Å². The van der Waals surface area contributed by atoms with Gasteiger partial charge in [-0.15, -0.1) is 0 Å². The Morgan fingerprint density at radius 1 is 1.11 bits per heavy atom. The lowest BCUT2D eigenvalue weighted by molar-refractivity contribution is -0.384. The molecule has 0 amide bonds. The molecule has 3 aromatic carbocycles. The molecule has 0 spiro atoms. The van der Waals surface area contributed by atoms with Crippen molar-refractivity contribution in [1.29, 1.82) is 0 Å². The summed E-state index contributed by atoms with van der Waals surface area (Å²) in [6, 6.07) is 16.5. The molecule has 0 bridgehead atoms. The molecule has 0 atom stereocenters. The first-order valence-corrected chi connectivity index (χ1v) is 12.5. The number of rotatable bonds is 7. The van der Waals surface area contributed by atoms with Crippen molar-refractivity contribution < 1.29 is 22.9 Å². The van der Waals surface area contributed by atoms with E-state index in [0.717, 1.165) is 41.8 Å². The highest BCUT2D eigenvalue weighted by Gasteiger charge is 2.28. The van der Waals surface area contributed by atoms with Crippen LogP contribution in [0.3, 0.4) is 0 Å². The summed E-state index contributed by atoms with van der Waals surface area (Å²) in [5.41, 5.74) is 2.61. The lowest BCUT2D eigenvalue weighted by Crippen LogP contribution is -2.43. The number of anilines is 1. The summed E-state index contributed by atoms with van der Waals surface area (Å²) in [5, 5.41) is 14.2. The number of nitro benzene ring substituents is 1. The number of benzene rings is 3. The number of hydrogen-bond acceptors (Lipinski definition) is 7. The number of nitrogens with one attached hydrogen (secondary N) is 2. The predicted octanol–water partition coefficient (Wildman–Crippen LogP) is 4.55. The maximum Gasteiger partial charge on any atom is 0.269 e. The van der Waals surface area contributed by atoms with Gasteiger partial charge in [-0.3, -0.25) is 19.6 Å². The van der Waals surface area contributed by atoms with Crippen LogP contribution in [0.25, 0.3) is 5.70 Å². The minimum absolute atomic E-state index is 0.133. The molecule has 0 fully saturated rings. The summed E-state index contributed by atoms with van der Waals surface area (Å²) in [5.74, 6) is 0.372. The van der Waals surface area contributed by atoms with Gasteiger partial charge in [0, 0.05) is 46.3 Å². The monoisotopic (exact) mass is 507 g/mol. The van der Waals surface area contributed by atoms with Gasteiger partial charge in [0.25, 0.3) is 15.7 Å². The first kappa shape index (κ1) is 24.9. The van der Waals surface area contributed by atoms with E-state index in [-0.39, 0.29) is 27.6 Å². The Kier molecular flexibility index (Phi) is 6.55. The highest BCUT2D eigenvalue weighted by molar-refractivity contribution is 7.92. The Bertz CT molecular complexity index is 1480. The number of hydrogen-bond donors (Lipinski definition) is 2. The number of ether oxygens (including phenoxy) is 1. The number of carbonyl (C=O) groups excluding carboxylic acids is 1. The van der Waals surface area contributed by atoms with Crippen LogP contribution in [0.15, 0.2) is 77.7 Å². The third kappa shape index (κ3) is 5.38. The van der Waals surface area contributed by atoms with Crippen molar-refractivity contribution in [3.05, 3.63) is 99.6 Å². The van der Waals surface area contributed by atoms with Gasteiger partial charge in [-0.25, -0.2) is 8.42 Å². The third-order valence-electron chi connectivity index (χ3n) is 5.75. The fourth-order valence-electron chi connectivity index (χ4n) is 4.06. The molecule has 3 aromatic rings. The topological polar surface area (TPSA) is 128 Å². The fourth-order valence-corrected chi connectivity index (χ4v) is 5.11. The minimum atomic E-state index is -4.01. The van der Waals surface area contributed by atoms with E-state index in [0.29, 0.717) is 17.0 Å². The number of nitrogens with zero attached hydrogens (tertiary/aromatic N) is 1. The Hall–Kier alpha value is -4.18. The normalized spacial score (nSPS) is 15.5. The molecule has 0 radical (unpaired) electrons. The summed E-state index contributed by atoms with van der Waals surface area (Å²) < 4.78 is 33.3. The second-order valence-corrected chi connectivity index (χ2v) is 10.8. The molecule has 4 rings (SSSR count). The SMILES string of the molecule is COc1ccc2c(c1)C(=CC(=O)c1cccc(NS(=O)(=O)c3ccc([N+](=O)[O-])cc3)c1)NC(C)(C)C2. The van der Waals surface area contributed by atoms with E-state index in [1.807, 2.05) is 32.0 Å². The van der Waals surface area contributed by atoms with Crippen LogP contribution in [-0.4, -0.2) is 31.8 Å². The zero-order chi connectivity index (χ0) is 26.1. The smallest absolute Gasteiger partial charge is 0.269 e. The Labute approximate surface area is 209 Å². The predicted molar refractivity (Wildman–Crippen MR) is 137 cm³/mol. The summed E-state index contributed by atoms with van der Waals surface area (Å²) in [6.45, 7) is 4.10. The maximum atomic E-state index is 13.2. The van der Waals surface area contributed by atoms with Crippen LogP contribution < -0.4 is 14.8 Å². The zero-order valence-corrected chi connectivity index (χ0v) is 20.8. The largest absolute Gasteiger partial charge is 0.497 e. The van der Waals surface area contributed by atoms with Crippen molar-refractivity contribution in [2.75, 3.05) is 11.8 Å². The number of fused-ring (bicyclic) bond motifs is 1. The van der Waals surface area contributed by atoms with E-state index >= 15 is 0 Å². The summed E-state index contributed by atoms with van der Waals surface area (Å²) in [4.78, 5) is 23.3. The fraction of sp³-hybridized carbons (Fsp3) is 0.192. The molecule has 0 aromatic heterocycles. The van der Waals surface area contributed by atoms with Crippen molar-refractivity contribution in [3.63, 3.8) is 0 Å². The van der Waals surface area contributed by atoms with Crippen LogP contribution in [0.2, 0.25) is 0 Å². The van der Waals surface area contributed by atoms with E-state index in [9.17, 15) is 23.3 Å². The molecular weight excluding hydrogens is 482 g/mol. The molecule has 9 nitrogen and oxygen atoms in total. The second kappa shape index (κ2) is 9.46. The van der Waals surface area contributed by atoms with Gasteiger partial charge in [-0.05, 0) is 62.2 Å². The van der Waals surface area contributed by atoms with Crippen molar-refractivity contribution in [1.82, 2.24) is 5.32 Å². The van der Waals surface area contributed by atoms with E-state index in [2.05, 4.69) is 10.0 Å². The Morgan fingerprint density at radius 2 is 1.83 bits per heavy atom. The lowest BCUT2D eigenvalue weighted by Gasteiger charge is -2.35. The molecule has 1 aliphatic heterocycles. The van der Waals surface area contributed by atoms with Crippen molar-refractivity contribution >= 4 is 32.9 Å². The average Bonchev–Trinajstić information content (AvgIpc) is 2.83. The van der Waals surface area contributed by atoms with Gasteiger partial charge in [0.15, 0.2) is 5.78 Å². The van der Waals surface area contributed by atoms with Gasteiger partial charge in [-0.2, -0.15) is 0 Å². The summed E-state index contributed by atoms with van der Waals surface area (Å²) >= 11 is 0. The molecular formula is C26H25N3O6S. The number of sulfonamides is 1. The molecule has 1 heterocycles. The summed E-state index contributed by atoms with van der Waals surface area (Å²) in [7, 11) is -2.43. The highest BCUT2D eigenvalue weighted by Crippen LogP contribution is 2.32. The van der Waals surface area contributed by atoms with Gasteiger partial charge in [0.1, 0.15) is 5.75 Å². The standard InChI is InChI=1S/C26H25N3O6S/c1-26(2)16-18-7-10-21(35-3)14-23(18)24(27-26)15-25(30)17-5-4-6-19(13-17)28-36(33,34)22-11-8-20(9-12-22)29(31)32/h4-15,27-28H,16H2,1-3H3. The zero-order valence-electron chi connectivity index (χ0n) is 19.9. The number of carbonyl (C=O) groups is 1. The molecule has 0 saturated heterocycles. The van der Waals surface area contributed by atoms with Crippen LogP contribution in [-0.2, 0) is 16.4 Å².